The lowest BCUT2D eigenvalue weighted by Crippen LogP contribution is -1.68. The molecular weight excluding hydrogens is 132 g/mol. The third-order valence-corrected chi connectivity index (χ3v) is 1.04. The van der Waals surface area contributed by atoms with Crippen molar-refractivity contribution >= 4 is 0 Å². The zero-order valence-electron chi connectivity index (χ0n) is 4.94. The lowest BCUT2D eigenvalue weighted by atomic mass is 10.5. The molecule has 49 valence electrons. The van der Waals surface area contributed by atoms with Crippen LogP contribution in [0.3, 0.4) is 0 Å². The zero-order chi connectivity index (χ0) is 6.81. The Bertz CT molecular complexity index is 253. The molecule has 0 saturated carbocycles. The molecule has 0 aliphatic rings. The van der Waals surface area contributed by atoms with Gasteiger partial charge in [0, 0.05) is 6.07 Å². The monoisotopic (exact) mass is 135 g/mol. The first-order chi connectivity index (χ1) is 4.97. The van der Waals surface area contributed by atoms with Crippen LogP contribution in [0.15, 0.2) is 27.4 Å². The zero-order valence-corrected chi connectivity index (χ0v) is 4.94. The van der Waals surface area contributed by atoms with Gasteiger partial charge in [-0.2, -0.15) is 0 Å². The van der Waals surface area contributed by atoms with E-state index < -0.39 is 0 Å². The number of hydrogen-bond donors (Lipinski definition) is 0. The number of hydrogen-bond acceptors (Lipinski definition) is 4. The molecule has 1 radical (unpaired) electrons. The van der Waals surface area contributed by atoms with Gasteiger partial charge in [-0.05, 0) is 0 Å². The maximum atomic E-state index is 4.81. The van der Waals surface area contributed by atoms with Gasteiger partial charge >= 0.3 is 0 Å². The Balaban J connectivity index is 2.48. The van der Waals surface area contributed by atoms with E-state index in [0.717, 1.165) is 0 Å². The van der Waals surface area contributed by atoms with Crippen LogP contribution in [-0.4, -0.2) is 10.1 Å². The molecule has 0 aromatic carbocycles. The number of rotatable bonds is 1. The number of nitrogens with zero attached hydrogens (tertiary/aromatic N) is 2. The van der Waals surface area contributed by atoms with Crippen LogP contribution in [0.2, 0.25) is 0 Å². The third kappa shape index (κ3) is 0.699. The van der Waals surface area contributed by atoms with E-state index in [1.807, 2.05) is 0 Å². The summed E-state index contributed by atoms with van der Waals surface area (Å²) >= 11 is 0. The molecule has 0 unspecified atom stereocenters. The van der Waals surface area contributed by atoms with Gasteiger partial charge in [-0.15, -0.1) is 0 Å². The predicted molar refractivity (Wildman–Crippen MR) is 30.8 cm³/mol. The van der Waals surface area contributed by atoms with E-state index in [9.17, 15) is 0 Å². The molecule has 0 aliphatic heterocycles. The number of oxazole rings is 1. The molecule has 10 heavy (non-hydrogen) atoms. The van der Waals surface area contributed by atoms with Crippen molar-refractivity contribution in [3.05, 3.63) is 24.7 Å². The van der Waals surface area contributed by atoms with E-state index in [1.165, 1.54) is 12.4 Å². The molecule has 0 saturated heterocycles. The van der Waals surface area contributed by atoms with Crippen LogP contribution in [0, 0.1) is 6.26 Å². The minimum atomic E-state index is 0.400. The fourth-order valence-electron chi connectivity index (χ4n) is 0.634. The van der Waals surface area contributed by atoms with Crippen molar-refractivity contribution in [2.45, 2.75) is 0 Å². The molecule has 0 fully saturated rings. The Kier molecular flexibility index (Phi) is 1.04. The maximum absolute atomic E-state index is 4.81. The first-order valence-electron chi connectivity index (χ1n) is 2.70. The van der Waals surface area contributed by atoms with Gasteiger partial charge in [0.15, 0.2) is 6.26 Å². The summed E-state index contributed by atoms with van der Waals surface area (Å²) in [6.07, 6.45) is 5.40. The summed E-state index contributed by atoms with van der Waals surface area (Å²) in [5, 5.41) is 3.49. The van der Waals surface area contributed by atoms with Crippen LogP contribution in [0.5, 0.6) is 0 Å². The molecule has 0 spiro atoms. The van der Waals surface area contributed by atoms with Gasteiger partial charge in [-0.1, -0.05) is 5.16 Å². The molecule has 4 nitrogen and oxygen atoms in total. The van der Waals surface area contributed by atoms with Crippen LogP contribution in [-0.2, 0) is 0 Å². The van der Waals surface area contributed by atoms with Gasteiger partial charge in [0.2, 0.25) is 5.76 Å². The van der Waals surface area contributed by atoms with Crippen molar-refractivity contribution in [1.82, 2.24) is 10.1 Å². The van der Waals surface area contributed by atoms with E-state index in [1.54, 1.807) is 6.07 Å². The first kappa shape index (κ1) is 5.22. The van der Waals surface area contributed by atoms with Gasteiger partial charge < -0.3 is 8.94 Å². The predicted octanol–water partition coefficient (Wildman–Crippen LogP) is 1.13. The van der Waals surface area contributed by atoms with Crippen molar-refractivity contribution in [2.75, 3.05) is 0 Å². The van der Waals surface area contributed by atoms with Crippen molar-refractivity contribution in [1.29, 1.82) is 0 Å². The lowest BCUT2D eigenvalue weighted by Gasteiger charge is -1.80. The third-order valence-electron chi connectivity index (χ3n) is 1.04. The molecule has 2 aromatic heterocycles. The molecule has 0 amide bonds. The highest BCUT2D eigenvalue weighted by Gasteiger charge is 2.04. The highest BCUT2D eigenvalue weighted by molar-refractivity contribution is 5.41. The summed E-state index contributed by atoms with van der Waals surface area (Å²) in [5.41, 5.74) is 0. The average molecular weight is 135 g/mol. The summed E-state index contributed by atoms with van der Waals surface area (Å²) in [7, 11) is 0. The van der Waals surface area contributed by atoms with E-state index in [0.29, 0.717) is 11.7 Å². The molecule has 4 heteroatoms. The minimum Gasteiger partial charge on any atom is -0.430 e. The Morgan fingerprint density at radius 2 is 2.50 bits per heavy atom. The van der Waals surface area contributed by atoms with Gasteiger partial charge in [0.25, 0.3) is 5.89 Å². The van der Waals surface area contributed by atoms with E-state index in [4.69, 9.17) is 8.94 Å². The molecule has 0 bridgehead atoms. The SMILES string of the molecule is [c]1cnc(-c2ccno2)o1. The second-order valence-corrected chi connectivity index (χ2v) is 1.66. The van der Waals surface area contributed by atoms with Crippen LogP contribution in [0.4, 0.5) is 0 Å². The molecule has 0 atom stereocenters. The standard InChI is InChI=1S/C6H3N2O2/c1-2-8-10-5(1)6-7-3-4-9-6/h1-3H. The van der Waals surface area contributed by atoms with Crippen LogP contribution in [0.25, 0.3) is 11.7 Å². The number of aromatic nitrogens is 2. The quantitative estimate of drug-likeness (QED) is 0.588. The Morgan fingerprint density at radius 3 is 3.10 bits per heavy atom. The average Bonchev–Trinajstić information content (AvgIpc) is 2.59. The van der Waals surface area contributed by atoms with Gasteiger partial charge in [-0.25, -0.2) is 4.98 Å². The molecular formula is C6H3N2O2. The summed E-state index contributed by atoms with van der Waals surface area (Å²) in [6, 6.07) is 1.67. The van der Waals surface area contributed by atoms with Crippen LogP contribution in [0.1, 0.15) is 0 Å². The second kappa shape index (κ2) is 1.98. The van der Waals surface area contributed by atoms with Gasteiger partial charge in [-0.3, -0.25) is 0 Å². The Labute approximate surface area is 56.5 Å². The highest BCUT2D eigenvalue weighted by Crippen LogP contribution is 2.13. The smallest absolute Gasteiger partial charge is 0.266 e. The fraction of sp³-hybridized carbons (Fsp3) is 0. The van der Waals surface area contributed by atoms with Crippen molar-refractivity contribution in [2.24, 2.45) is 0 Å². The Morgan fingerprint density at radius 1 is 1.50 bits per heavy atom. The van der Waals surface area contributed by atoms with Crippen molar-refractivity contribution in [3.63, 3.8) is 0 Å². The lowest BCUT2D eigenvalue weighted by molar-refractivity contribution is 0.414. The molecule has 2 rings (SSSR count). The molecule has 2 aromatic rings. The fourth-order valence-corrected chi connectivity index (χ4v) is 0.634. The first-order valence-corrected chi connectivity index (χ1v) is 2.70. The van der Waals surface area contributed by atoms with Gasteiger partial charge in [0.05, 0.1) is 12.4 Å². The van der Waals surface area contributed by atoms with Crippen molar-refractivity contribution < 1.29 is 8.94 Å². The highest BCUT2D eigenvalue weighted by atomic mass is 16.5. The second-order valence-electron chi connectivity index (χ2n) is 1.66. The normalized spacial score (nSPS) is 10.0. The molecule has 0 aliphatic carbocycles. The Hall–Kier alpha value is -1.58. The molecule has 0 N–H and O–H groups in total. The van der Waals surface area contributed by atoms with E-state index in [-0.39, 0.29) is 0 Å². The molecule has 2 heterocycles. The minimum absolute atomic E-state index is 0.400. The topological polar surface area (TPSA) is 52.1 Å². The summed E-state index contributed by atoms with van der Waals surface area (Å²) in [4.78, 5) is 3.80. The van der Waals surface area contributed by atoms with E-state index >= 15 is 0 Å². The summed E-state index contributed by atoms with van der Waals surface area (Å²) in [5.74, 6) is 0.916. The summed E-state index contributed by atoms with van der Waals surface area (Å²) < 4.78 is 9.56. The summed E-state index contributed by atoms with van der Waals surface area (Å²) in [6.45, 7) is 0. The largest absolute Gasteiger partial charge is 0.430 e. The van der Waals surface area contributed by atoms with Crippen LogP contribution < -0.4 is 0 Å². The maximum Gasteiger partial charge on any atom is 0.266 e. The van der Waals surface area contributed by atoms with Crippen LogP contribution >= 0.6 is 0 Å². The van der Waals surface area contributed by atoms with Gasteiger partial charge in [0.1, 0.15) is 0 Å². The van der Waals surface area contributed by atoms with Crippen molar-refractivity contribution in [3.8, 4) is 11.7 Å². The van der Waals surface area contributed by atoms with E-state index in [2.05, 4.69) is 16.4 Å².